The summed E-state index contributed by atoms with van der Waals surface area (Å²) in [4.78, 5) is 33.9. The SMILES string of the molecule is O=C(Nc1cncc(-c2ccc3[nH]nc(-c4nc5c(-c6ccccn6)ccnc5[nH]4)c3c2)c1)C1CCC1. The highest BCUT2D eigenvalue weighted by Gasteiger charge is 2.25. The van der Waals surface area contributed by atoms with E-state index in [1.165, 1.54) is 0 Å². The number of aromatic amines is 2. The van der Waals surface area contributed by atoms with Gasteiger partial charge in [-0.1, -0.05) is 18.6 Å². The van der Waals surface area contributed by atoms with Crippen molar-refractivity contribution in [3.05, 3.63) is 73.3 Å². The van der Waals surface area contributed by atoms with Crippen LogP contribution in [0.25, 0.3) is 56.0 Å². The molecule has 0 atom stereocenters. The topological polar surface area (TPSA) is 125 Å². The van der Waals surface area contributed by atoms with Gasteiger partial charge in [0, 0.05) is 41.0 Å². The van der Waals surface area contributed by atoms with Crippen molar-refractivity contribution < 1.29 is 4.79 Å². The summed E-state index contributed by atoms with van der Waals surface area (Å²) >= 11 is 0. The van der Waals surface area contributed by atoms with Crippen molar-refractivity contribution in [1.82, 2.24) is 35.1 Å². The van der Waals surface area contributed by atoms with Gasteiger partial charge in [0.25, 0.3) is 0 Å². The van der Waals surface area contributed by atoms with Gasteiger partial charge < -0.3 is 10.3 Å². The van der Waals surface area contributed by atoms with Gasteiger partial charge in [0.1, 0.15) is 11.2 Å². The molecule has 0 aliphatic heterocycles. The number of hydrogen-bond acceptors (Lipinski definition) is 6. The number of nitrogens with one attached hydrogen (secondary N) is 3. The van der Waals surface area contributed by atoms with Gasteiger partial charge in [-0.05, 0) is 54.8 Å². The third kappa shape index (κ3) is 3.81. The van der Waals surface area contributed by atoms with Crippen LogP contribution in [-0.4, -0.2) is 41.0 Å². The average molecular weight is 487 g/mol. The first-order valence-electron chi connectivity index (χ1n) is 12.2. The maximum atomic E-state index is 12.4. The number of pyridine rings is 3. The summed E-state index contributed by atoms with van der Waals surface area (Å²) < 4.78 is 0. The third-order valence-electron chi connectivity index (χ3n) is 6.93. The van der Waals surface area contributed by atoms with Gasteiger partial charge in [-0.25, -0.2) is 9.97 Å². The Morgan fingerprint density at radius 1 is 0.973 bits per heavy atom. The van der Waals surface area contributed by atoms with Gasteiger partial charge in [0.15, 0.2) is 11.5 Å². The van der Waals surface area contributed by atoms with Gasteiger partial charge >= 0.3 is 0 Å². The molecule has 0 radical (unpaired) electrons. The van der Waals surface area contributed by atoms with Crippen molar-refractivity contribution in [2.75, 3.05) is 5.32 Å². The average Bonchev–Trinajstić information content (AvgIpc) is 3.52. The lowest BCUT2D eigenvalue weighted by Gasteiger charge is -2.24. The fraction of sp³-hybridized carbons (Fsp3) is 0.143. The summed E-state index contributed by atoms with van der Waals surface area (Å²) in [5.74, 6) is 0.806. The Morgan fingerprint density at radius 2 is 1.92 bits per heavy atom. The Bertz CT molecular complexity index is 1770. The predicted molar refractivity (Wildman–Crippen MR) is 141 cm³/mol. The molecule has 37 heavy (non-hydrogen) atoms. The molecule has 1 saturated carbocycles. The number of rotatable bonds is 5. The molecule has 0 unspecified atom stereocenters. The molecule has 9 heteroatoms. The minimum atomic E-state index is 0.0707. The Labute approximate surface area is 211 Å². The summed E-state index contributed by atoms with van der Waals surface area (Å²) in [5, 5.41) is 11.6. The number of carbonyl (C=O) groups is 1. The maximum Gasteiger partial charge on any atom is 0.227 e. The number of carbonyl (C=O) groups excluding carboxylic acids is 1. The van der Waals surface area contributed by atoms with Gasteiger partial charge in [-0.15, -0.1) is 0 Å². The number of aromatic nitrogens is 7. The van der Waals surface area contributed by atoms with Gasteiger partial charge in [0.05, 0.1) is 23.1 Å². The number of anilines is 1. The first kappa shape index (κ1) is 21.4. The molecule has 5 aromatic heterocycles. The summed E-state index contributed by atoms with van der Waals surface area (Å²) in [6, 6.07) is 15.7. The van der Waals surface area contributed by atoms with Crippen LogP contribution in [0.2, 0.25) is 0 Å². The number of imidazole rings is 1. The number of benzene rings is 1. The highest BCUT2D eigenvalue weighted by molar-refractivity contribution is 5.98. The van der Waals surface area contributed by atoms with Crippen LogP contribution >= 0.6 is 0 Å². The van der Waals surface area contributed by atoms with E-state index in [1.807, 2.05) is 42.5 Å². The summed E-state index contributed by atoms with van der Waals surface area (Å²) in [6.07, 6.45) is 10.0. The quantitative estimate of drug-likeness (QED) is 0.301. The van der Waals surface area contributed by atoms with Crippen molar-refractivity contribution >= 4 is 33.7 Å². The van der Waals surface area contributed by atoms with Crippen LogP contribution in [0.1, 0.15) is 19.3 Å². The summed E-state index contributed by atoms with van der Waals surface area (Å²) in [6.45, 7) is 0. The van der Waals surface area contributed by atoms with E-state index in [9.17, 15) is 4.79 Å². The Balaban J connectivity index is 1.26. The van der Waals surface area contributed by atoms with Crippen LogP contribution in [0, 0.1) is 5.92 Å². The molecule has 0 spiro atoms. The maximum absolute atomic E-state index is 12.4. The zero-order chi connectivity index (χ0) is 24.8. The fourth-order valence-electron chi connectivity index (χ4n) is 4.71. The molecule has 0 saturated heterocycles. The Kier molecular flexibility index (Phi) is 4.99. The van der Waals surface area contributed by atoms with Crippen molar-refractivity contribution in [3.8, 4) is 33.9 Å². The lowest BCUT2D eigenvalue weighted by Crippen LogP contribution is -2.28. The molecule has 0 bridgehead atoms. The number of amides is 1. The molecule has 1 fully saturated rings. The number of nitrogens with zero attached hydrogens (tertiary/aromatic N) is 5. The third-order valence-corrected chi connectivity index (χ3v) is 6.93. The van der Waals surface area contributed by atoms with Crippen LogP contribution in [-0.2, 0) is 4.79 Å². The second-order valence-electron chi connectivity index (χ2n) is 9.27. The molecule has 1 aliphatic carbocycles. The summed E-state index contributed by atoms with van der Waals surface area (Å²) in [5.41, 5.74) is 7.30. The predicted octanol–water partition coefficient (Wildman–Crippen LogP) is 5.36. The highest BCUT2D eigenvalue weighted by atomic mass is 16.1. The van der Waals surface area contributed by atoms with Crippen molar-refractivity contribution in [2.24, 2.45) is 5.92 Å². The van der Waals surface area contributed by atoms with Crippen molar-refractivity contribution in [2.45, 2.75) is 19.3 Å². The van der Waals surface area contributed by atoms with Gasteiger partial charge in [-0.3, -0.25) is 19.9 Å². The molecule has 9 nitrogen and oxygen atoms in total. The van der Waals surface area contributed by atoms with E-state index in [1.54, 1.807) is 24.8 Å². The lowest BCUT2D eigenvalue weighted by atomic mass is 9.85. The molecule has 1 aliphatic rings. The number of H-pyrrole nitrogens is 2. The van der Waals surface area contributed by atoms with E-state index in [4.69, 9.17) is 4.98 Å². The van der Waals surface area contributed by atoms with Gasteiger partial charge in [0.2, 0.25) is 5.91 Å². The molecule has 180 valence electrons. The second-order valence-corrected chi connectivity index (χ2v) is 9.27. The summed E-state index contributed by atoms with van der Waals surface area (Å²) in [7, 11) is 0. The molecular weight excluding hydrogens is 464 g/mol. The van der Waals surface area contributed by atoms with Crippen molar-refractivity contribution in [1.29, 1.82) is 0 Å². The molecule has 3 N–H and O–H groups in total. The molecule has 1 aromatic carbocycles. The van der Waals surface area contributed by atoms with E-state index in [-0.39, 0.29) is 11.8 Å². The largest absolute Gasteiger partial charge is 0.324 e. The second kappa shape index (κ2) is 8.63. The monoisotopic (exact) mass is 486 g/mol. The van der Waals surface area contributed by atoms with Crippen LogP contribution in [0.3, 0.4) is 0 Å². The van der Waals surface area contributed by atoms with Crippen LogP contribution in [0.5, 0.6) is 0 Å². The molecule has 1 amide bonds. The zero-order valence-electron chi connectivity index (χ0n) is 19.8. The lowest BCUT2D eigenvalue weighted by molar-refractivity contribution is -0.122. The Morgan fingerprint density at radius 3 is 2.76 bits per heavy atom. The van der Waals surface area contributed by atoms with Crippen LogP contribution in [0.15, 0.2) is 73.3 Å². The fourth-order valence-corrected chi connectivity index (χ4v) is 4.71. The molecule has 7 rings (SSSR count). The molecule has 5 heterocycles. The van der Waals surface area contributed by atoms with Crippen molar-refractivity contribution in [3.63, 3.8) is 0 Å². The van der Waals surface area contributed by atoms with E-state index in [2.05, 4.69) is 41.5 Å². The number of hydrogen-bond donors (Lipinski definition) is 3. The van der Waals surface area contributed by atoms with Crippen LogP contribution in [0.4, 0.5) is 5.69 Å². The zero-order valence-corrected chi connectivity index (χ0v) is 19.8. The van der Waals surface area contributed by atoms with E-state index in [0.717, 1.165) is 58.1 Å². The molecule has 6 aromatic rings. The minimum Gasteiger partial charge on any atom is -0.324 e. The molecular formula is C28H22N8O. The smallest absolute Gasteiger partial charge is 0.227 e. The van der Waals surface area contributed by atoms with Crippen LogP contribution < -0.4 is 5.32 Å². The highest BCUT2D eigenvalue weighted by Crippen LogP contribution is 2.33. The normalized spacial score (nSPS) is 13.6. The minimum absolute atomic E-state index is 0.0707. The standard InChI is InChI=1S/C28H22N8O/c37-28(16-4-3-5-16)32-19-12-18(14-29-15-19)17-7-8-23-21(13-17)25(36-35-23)27-33-24-20(9-11-31-26(24)34-27)22-6-1-2-10-30-22/h1-2,6-16H,3-5H2,(H,32,37)(H,35,36)(H,31,33,34). The van der Waals surface area contributed by atoms with E-state index < -0.39 is 0 Å². The first-order chi connectivity index (χ1) is 18.2. The van der Waals surface area contributed by atoms with Gasteiger partial charge in [-0.2, -0.15) is 5.10 Å². The first-order valence-corrected chi connectivity index (χ1v) is 12.2. The number of fused-ring (bicyclic) bond motifs is 2. The van der Waals surface area contributed by atoms with E-state index >= 15 is 0 Å². The Hall–Kier alpha value is -4.92. The van der Waals surface area contributed by atoms with E-state index in [0.29, 0.717) is 22.9 Å².